The van der Waals surface area contributed by atoms with Crippen molar-refractivity contribution in [1.82, 2.24) is 10.2 Å². The van der Waals surface area contributed by atoms with Crippen molar-refractivity contribution in [2.75, 3.05) is 13.1 Å². The van der Waals surface area contributed by atoms with E-state index in [1.54, 1.807) is 0 Å². The smallest absolute Gasteiger partial charge is 0.223 e. The van der Waals surface area contributed by atoms with Crippen molar-refractivity contribution in [3.63, 3.8) is 0 Å². The lowest BCUT2D eigenvalue weighted by atomic mass is 9.74. The first-order valence-corrected chi connectivity index (χ1v) is 11.6. The van der Waals surface area contributed by atoms with Crippen LogP contribution in [-0.2, 0) is 16.0 Å². The van der Waals surface area contributed by atoms with E-state index >= 15 is 0 Å². The molecule has 3 atom stereocenters. The number of benzene rings is 1. The van der Waals surface area contributed by atoms with Crippen molar-refractivity contribution in [1.29, 1.82) is 0 Å². The van der Waals surface area contributed by atoms with Gasteiger partial charge in [-0.25, -0.2) is 0 Å². The molecule has 1 aromatic carbocycles. The molecule has 1 N–H and O–H groups in total. The van der Waals surface area contributed by atoms with Gasteiger partial charge in [-0.1, -0.05) is 57.5 Å². The van der Waals surface area contributed by atoms with Crippen LogP contribution >= 0.6 is 0 Å². The quantitative estimate of drug-likeness (QED) is 0.770. The molecule has 4 nitrogen and oxygen atoms in total. The Morgan fingerprint density at radius 1 is 1.07 bits per heavy atom. The number of aryl methyl sites for hydroxylation is 1. The van der Waals surface area contributed by atoms with Crippen LogP contribution in [0.15, 0.2) is 30.3 Å². The first-order chi connectivity index (χ1) is 13.9. The third-order valence-corrected chi connectivity index (χ3v) is 7.04. The van der Waals surface area contributed by atoms with Gasteiger partial charge in [-0.15, -0.1) is 0 Å². The van der Waals surface area contributed by atoms with E-state index in [9.17, 15) is 9.59 Å². The standard InChI is InChI=1S/C25H38N2O2/c1-18(2)22-11-9-19(3)17-23(22)26-25(29)21-13-15-27(16-14-21)24(28)12-10-20-7-5-4-6-8-20/h4-8,18-19,21-23H,9-17H2,1-3H3,(H,26,29). The Morgan fingerprint density at radius 3 is 2.41 bits per heavy atom. The zero-order valence-corrected chi connectivity index (χ0v) is 18.4. The van der Waals surface area contributed by atoms with Crippen LogP contribution in [0.3, 0.4) is 0 Å². The second kappa shape index (κ2) is 10.3. The molecule has 0 spiro atoms. The van der Waals surface area contributed by atoms with Crippen LogP contribution in [-0.4, -0.2) is 35.8 Å². The molecule has 1 aliphatic heterocycles. The van der Waals surface area contributed by atoms with Crippen molar-refractivity contribution < 1.29 is 9.59 Å². The van der Waals surface area contributed by atoms with Crippen molar-refractivity contribution in [3.8, 4) is 0 Å². The zero-order valence-electron chi connectivity index (χ0n) is 18.4. The van der Waals surface area contributed by atoms with E-state index in [0.29, 0.717) is 43.3 Å². The fourth-order valence-electron chi connectivity index (χ4n) is 5.11. The Balaban J connectivity index is 1.44. The number of carbonyl (C=O) groups excluding carboxylic acids is 2. The molecule has 2 amide bonds. The third kappa shape index (κ3) is 6.07. The molecule has 1 aliphatic carbocycles. The van der Waals surface area contributed by atoms with Crippen LogP contribution < -0.4 is 5.32 Å². The molecular weight excluding hydrogens is 360 g/mol. The summed E-state index contributed by atoms with van der Waals surface area (Å²) in [5.41, 5.74) is 1.21. The molecule has 1 saturated heterocycles. The largest absolute Gasteiger partial charge is 0.353 e. The first-order valence-electron chi connectivity index (χ1n) is 11.6. The Labute approximate surface area is 176 Å². The second-order valence-electron chi connectivity index (χ2n) is 9.58. The highest BCUT2D eigenvalue weighted by molar-refractivity contribution is 5.80. The normalized spacial score (nSPS) is 25.8. The molecule has 1 aromatic rings. The summed E-state index contributed by atoms with van der Waals surface area (Å²) in [5.74, 6) is 2.38. The number of hydrogen-bond donors (Lipinski definition) is 1. The number of nitrogens with zero attached hydrogens (tertiary/aromatic N) is 1. The van der Waals surface area contributed by atoms with Gasteiger partial charge in [-0.3, -0.25) is 9.59 Å². The van der Waals surface area contributed by atoms with E-state index in [-0.39, 0.29) is 17.7 Å². The van der Waals surface area contributed by atoms with Gasteiger partial charge in [0.2, 0.25) is 11.8 Å². The van der Waals surface area contributed by atoms with Gasteiger partial charge < -0.3 is 10.2 Å². The molecule has 0 aromatic heterocycles. The van der Waals surface area contributed by atoms with Gasteiger partial charge >= 0.3 is 0 Å². The van der Waals surface area contributed by atoms with E-state index in [0.717, 1.165) is 25.7 Å². The fraction of sp³-hybridized carbons (Fsp3) is 0.680. The van der Waals surface area contributed by atoms with Crippen LogP contribution in [0.5, 0.6) is 0 Å². The number of carbonyl (C=O) groups is 2. The molecule has 1 heterocycles. The maximum Gasteiger partial charge on any atom is 0.223 e. The zero-order chi connectivity index (χ0) is 20.8. The van der Waals surface area contributed by atoms with E-state index in [4.69, 9.17) is 0 Å². The summed E-state index contributed by atoms with van der Waals surface area (Å²) >= 11 is 0. The van der Waals surface area contributed by atoms with E-state index in [1.807, 2.05) is 23.1 Å². The number of rotatable bonds is 6. The van der Waals surface area contributed by atoms with Crippen molar-refractivity contribution >= 4 is 11.8 Å². The molecule has 1 saturated carbocycles. The summed E-state index contributed by atoms with van der Waals surface area (Å²) in [4.78, 5) is 27.4. The molecule has 2 fully saturated rings. The van der Waals surface area contributed by atoms with Crippen molar-refractivity contribution in [3.05, 3.63) is 35.9 Å². The molecule has 0 bridgehead atoms. The monoisotopic (exact) mass is 398 g/mol. The van der Waals surface area contributed by atoms with Gasteiger partial charge in [0.15, 0.2) is 0 Å². The lowest BCUT2D eigenvalue weighted by Crippen LogP contribution is -2.49. The van der Waals surface area contributed by atoms with Crippen LogP contribution in [0.1, 0.15) is 64.9 Å². The van der Waals surface area contributed by atoms with E-state index in [1.165, 1.54) is 18.4 Å². The Kier molecular flexibility index (Phi) is 7.74. The van der Waals surface area contributed by atoms with Gasteiger partial charge in [0.05, 0.1) is 0 Å². The number of piperidine rings is 1. The van der Waals surface area contributed by atoms with E-state index in [2.05, 4.69) is 38.2 Å². The van der Waals surface area contributed by atoms with Crippen LogP contribution in [0.25, 0.3) is 0 Å². The lowest BCUT2D eigenvalue weighted by Gasteiger charge is -2.39. The molecule has 3 rings (SSSR count). The molecule has 29 heavy (non-hydrogen) atoms. The van der Waals surface area contributed by atoms with Gasteiger partial charge in [-0.05, 0) is 55.4 Å². The molecular formula is C25H38N2O2. The third-order valence-electron chi connectivity index (χ3n) is 7.04. The SMILES string of the molecule is CC1CCC(C(C)C)C(NC(=O)C2CCN(C(=O)CCc3ccccc3)CC2)C1. The molecule has 160 valence electrons. The predicted octanol–water partition coefficient (Wildman–Crippen LogP) is 4.43. The van der Waals surface area contributed by atoms with Gasteiger partial charge in [0.1, 0.15) is 0 Å². The van der Waals surface area contributed by atoms with Crippen LogP contribution in [0.2, 0.25) is 0 Å². The topological polar surface area (TPSA) is 49.4 Å². The van der Waals surface area contributed by atoms with Gasteiger partial charge in [-0.2, -0.15) is 0 Å². The maximum atomic E-state index is 12.9. The molecule has 0 radical (unpaired) electrons. The molecule has 2 aliphatic rings. The van der Waals surface area contributed by atoms with Crippen molar-refractivity contribution in [2.24, 2.45) is 23.7 Å². The minimum atomic E-state index is 0.0539. The number of nitrogens with one attached hydrogen (secondary N) is 1. The summed E-state index contributed by atoms with van der Waals surface area (Å²) in [6, 6.07) is 10.5. The second-order valence-corrected chi connectivity index (χ2v) is 9.58. The minimum absolute atomic E-state index is 0.0539. The predicted molar refractivity (Wildman–Crippen MR) is 117 cm³/mol. The minimum Gasteiger partial charge on any atom is -0.353 e. The molecule has 3 unspecified atom stereocenters. The molecule has 4 heteroatoms. The number of amides is 2. The van der Waals surface area contributed by atoms with E-state index < -0.39 is 0 Å². The number of hydrogen-bond acceptors (Lipinski definition) is 2. The number of likely N-dealkylation sites (tertiary alicyclic amines) is 1. The fourth-order valence-corrected chi connectivity index (χ4v) is 5.11. The lowest BCUT2D eigenvalue weighted by molar-refractivity contribution is -0.136. The first kappa shape index (κ1) is 21.9. The maximum absolute atomic E-state index is 12.9. The summed E-state index contributed by atoms with van der Waals surface area (Å²) < 4.78 is 0. The average Bonchev–Trinajstić information content (AvgIpc) is 2.72. The Bertz CT molecular complexity index is 665. The Morgan fingerprint density at radius 2 is 1.76 bits per heavy atom. The van der Waals surface area contributed by atoms with Crippen LogP contribution in [0, 0.1) is 23.7 Å². The van der Waals surface area contributed by atoms with Crippen molar-refractivity contribution in [2.45, 2.75) is 71.8 Å². The Hall–Kier alpha value is -1.84. The summed E-state index contributed by atoms with van der Waals surface area (Å²) in [6.07, 6.45) is 6.52. The van der Waals surface area contributed by atoms with Gasteiger partial charge in [0, 0.05) is 31.5 Å². The summed E-state index contributed by atoms with van der Waals surface area (Å²) in [5, 5.41) is 3.40. The average molecular weight is 399 g/mol. The highest BCUT2D eigenvalue weighted by Gasteiger charge is 2.34. The van der Waals surface area contributed by atoms with Crippen LogP contribution in [0.4, 0.5) is 0 Å². The highest BCUT2D eigenvalue weighted by Crippen LogP contribution is 2.34. The highest BCUT2D eigenvalue weighted by atomic mass is 16.2. The van der Waals surface area contributed by atoms with Gasteiger partial charge in [0.25, 0.3) is 0 Å². The summed E-state index contributed by atoms with van der Waals surface area (Å²) in [6.45, 7) is 8.27. The summed E-state index contributed by atoms with van der Waals surface area (Å²) in [7, 11) is 0.